The third kappa shape index (κ3) is 4.63. The molecular formula is C18H18ClN3O3S. The maximum absolute atomic E-state index is 12.3. The van der Waals surface area contributed by atoms with E-state index in [1.807, 2.05) is 29.5 Å². The largest absolute Gasteiger partial charge is 0.495 e. The van der Waals surface area contributed by atoms with E-state index >= 15 is 0 Å². The highest BCUT2D eigenvalue weighted by Gasteiger charge is 2.13. The molecule has 6 nitrogen and oxygen atoms in total. The molecule has 0 aliphatic heterocycles. The molecule has 0 atom stereocenters. The predicted octanol–water partition coefficient (Wildman–Crippen LogP) is 4.14. The van der Waals surface area contributed by atoms with Gasteiger partial charge in [-0.05, 0) is 37.4 Å². The molecule has 0 unspecified atom stereocenters. The molecule has 1 N–H and O–H groups in total. The number of hydrogen-bond acceptors (Lipinski definition) is 6. The molecule has 0 saturated heterocycles. The molecule has 2 heterocycles. The van der Waals surface area contributed by atoms with Crippen molar-refractivity contribution >= 4 is 34.5 Å². The topological polar surface area (TPSA) is 67.6 Å². The molecular weight excluding hydrogens is 374 g/mol. The van der Waals surface area contributed by atoms with E-state index in [9.17, 15) is 4.79 Å². The Bertz CT molecular complexity index is 880. The second-order valence-electron chi connectivity index (χ2n) is 5.69. The molecule has 1 aromatic carbocycles. The number of anilines is 1. The number of thiazole rings is 1. The average molecular weight is 392 g/mol. The second kappa shape index (κ2) is 8.35. The van der Waals surface area contributed by atoms with Gasteiger partial charge in [-0.25, -0.2) is 4.98 Å². The van der Waals surface area contributed by atoms with Crippen LogP contribution in [0.4, 0.5) is 5.69 Å². The van der Waals surface area contributed by atoms with Gasteiger partial charge in [0.1, 0.15) is 5.75 Å². The van der Waals surface area contributed by atoms with Crippen LogP contribution < -0.4 is 10.1 Å². The quantitative estimate of drug-likeness (QED) is 0.655. The van der Waals surface area contributed by atoms with Crippen LogP contribution in [0, 0.1) is 0 Å². The molecule has 0 spiro atoms. The van der Waals surface area contributed by atoms with Gasteiger partial charge in [0.25, 0.3) is 0 Å². The summed E-state index contributed by atoms with van der Waals surface area (Å²) in [5.74, 6) is 1.15. The first-order chi connectivity index (χ1) is 12.5. The first-order valence-electron chi connectivity index (χ1n) is 7.85. The summed E-state index contributed by atoms with van der Waals surface area (Å²) >= 11 is 7.50. The minimum Gasteiger partial charge on any atom is -0.495 e. The number of aromatic nitrogens is 1. The van der Waals surface area contributed by atoms with Crippen LogP contribution in [-0.2, 0) is 11.3 Å². The lowest BCUT2D eigenvalue weighted by atomic mass is 10.3. The molecule has 0 aliphatic carbocycles. The van der Waals surface area contributed by atoms with Crippen molar-refractivity contribution in [3.05, 3.63) is 52.7 Å². The first kappa shape index (κ1) is 18.4. The van der Waals surface area contributed by atoms with Crippen molar-refractivity contribution in [2.24, 2.45) is 0 Å². The number of nitrogens with zero attached hydrogens (tertiary/aromatic N) is 2. The highest BCUT2D eigenvalue weighted by atomic mass is 35.5. The fourth-order valence-corrected chi connectivity index (χ4v) is 3.39. The molecule has 0 radical (unpaired) electrons. The van der Waals surface area contributed by atoms with Gasteiger partial charge in [-0.3, -0.25) is 9.69 Å². The summed E-state index contributed by atoms with van der Waals surface area (Å²) < 4.78 is 10.6. The monoisotopic (exact) mass is 391 g/mol. The molecule has 3 aromatic rings. The Morgan fingerprint density at radius 1 is 1.42 bits per heavy atom. The number of halogens is 1. The van der Waals surface area contributed by atoms with Gasteiger partial charge in [0.05, 0.1) is 31.3 Å². The van der Waals surface area contributed by atoms with E-state index in [0.29, 0.717) is 23.0 Å². The maximum Gasteiger partial charge on any atom is 0.238 e. The Morgan fingerprint density at radius 2 is 2.27 bits per heavy atom. The number of ether oxygens (including phenoxy) is 1. The maximum atomic E-state index is 12.3. The third-order valence-corrected chi connectivity index (χ3v) is 4.71. The number of hydrogen-bond donors (Lipinski definition) is 1. The van der Waals surface area contributed by atoms with Crippen LogP contribution in [0.3, 0.4) is 0 Å². The van der Waals surface area contributed by atoms with E-state index in [1.165, 1.54) is 11.3 Å². The second-order valence-corrected chi connectivity index (χ2v) is 6.98. The van der Waals surface area contributed by atoms with Crippen molar-refractivity contribution in [2.45, 2.75) is 6.54 Å². The fraction of sp³-hybridized carbons (Fsp3) is 0.222. The molecule has 0 saturated carbocycles. The summed E-state index contributed by atoms with van der Waals surface area (Å²) in [6.07, 6.45) is 1.62. The van der Waals surface area contributed by atoms with Gasteiger partial charge >= 0.3 is 0 Å². The number of nitrogens with one attached hydrogen (secondary N) is 1. The minimum atomic E-state index is -0.158. The van der Waals surface area contributed by atoms with Gasteiger partial charge in [0.15, 0.2) is 10.8 Å². The number of furan rings is 1. The molecule has 1 amide bonds. The Hall–Kier alpha value is -2.35. The molecule has 2 aromatic heterocycles. The summed E-state index contributed by atoms with van der Waals surface area (Å²) in [6, 6.07) is 8.79. The number of benzene rings is 1. The molecule has 26 heavy (non-hydrogen) atoms. The summed E-state index contributed by atoms with van der Waals surface area (Å²) in [4.78, 5) is 18.7. The van der Waals surface area contributed by atoms with Crippen molar-refractivity contribution in [1.29, 1.82) is 0 Å². The zero-order chi connectivity index (χ0) is 18.5. The van der Waals surface area contributed by atoms with Gasteiger partial charge < -0.3 is 14.5 Å². The Kier molecular flexibility index (Phi) is 5.92. The van der Waals surface area contributed by atoms with Gasteiger partial charge in [0, 0.05) is 16.9 Å². The normalized spacial score (nSPS) is 10.9. The number of amides is 1. The fourth-order valence-electron chi connectivity index (χ4n) is 2.44. The van der Waals surface area contributed by atoms with Crippen LogP contribution in [0.15, 0.2) is 46.4 Å². The Balaban J connectivity index is 1.57. The SMILES string of the molecule is COc1ccc(Cl)cc1NC(=O)CN(C)Cc1csc(-c2ccco2)n1. The van der Waals surface area contributed by atoms with Gasteiger partial charge in [-0.15, -0.1) is 11.3 Å². The number of carbonyl (C=O) groups excluding carboxylic acids is 1. The standard InChI is InChI=1S/C18H18ClN3O3S/c1-22(9-13-11-26-18(20-13)16-4-3-7-25-16)10-17(23)21-14-8-12(19)5-6-15(14)24-2/h3-8,11H,9-10H2,1-2H3,(H,21,23). The summed E-state index contributed by atoms with van der Waals surface area (Å²) in [5.41, 5.74) is 1.43. The van der Waals surface area contributed by atoms with Gasteiger partial charge in [-0.1, -0.05) is 11.6 Å². The average Bonchev–Trinajstić information content (AvgIpc) is 3.26. The van der Waals surface area contributed by atoms with Crippen molar-refractivity contribution in [3.8, 4) is 16.5 Å². The van der Waals surface area contributed by atoms with Crippen LogP contribution in [0.1, 0.15) is 5.69 Å². The molecule has 136 valence electrons. The number of methoxy groups -OCH3 is 1. The Labute approximate surface area is 160 Å². The summed E-state index contributed by atoms with van der Waals surface area (Å²) in [5, 5.41) is 6.14. The smallest absolute Gasteiger partial charge is 0.238 e. The highest BCUT2D eigenvalue weighted by Crippen LogP contribution is 2.28. The zero-order valence-corrected chi connectivity index (χ0v) is 15.9. The highest BCUT2D eigenvalue weighted by molar-refractivity contribution is 7.13. The lowest BCUT2D eigenvalue weighted by molar-refractivity contribution is -0.117. The van der Waals surface area contributed by atoms with Crippen LogP contribution in [-0.4, -0.2) is 36.5 Å². The van der Waals surface area contributed by atoms with Crippen LogP contribution >= 0.6 is 22.9 Å². The lowest BCUT2D eigenvalue weighted by Gasteiger charge is -2.16. The number of carbonyl (C=O) groups is 1. The molecule has 0 fully saturated rings. The van der Waals surface area contributed by atoms with E-state index in [-0.39, 0.29) is 12.5 Å². The van der Waals surface area contributed by atoms with Crippen molar-refractivity contribution in [1.82, 2.24) is 9.88 Å². The van der Waals surface area contributed by atoms with Crippen LogP contribution in [0.5, 0.6) is 5.75 Å². The molecule has 0 bridgehead atoms. The predicted molar refractivity (Wildman–Crippen MR) is 103 cm³/mol. The zero-order valence-electron chi connectivity index (χ0n) is 14.4. The number of likely N-dealkylation sites (N-methyl/N-ethyl adjacent to an activating group) is 1. The van der Waals surface area contributed by atoms with E-state index < -0.39 is 0 Å². The third-order valence-electron chi connectivity index (χ3n) is 3.56. The van der Waals surface area contributed by atoms with E-state index in [4.69, 9.17) is 20.8 Å². The lowest BCUT2D eigenvalue weighted by Crippen LogP contribution is -2.30. The summed E-state index contributed by atoms with van der Waals surface area (Å²) in [7, 11) is 3.41. The first-order valence-corrected chi connectivity index (χ1v) is 9.11. The summed E-state index contributed by atoms with van der Waals surface area (Å²) in [6.45, 7) is 0.764. The Morgan fingerprint density at radius 3 is 3.00 bits per heavy atom. The number of rotatable bonds is 7. The molecule has 3 rings (SSSR count). The van der Waals surface area contributed by atoms with E-state index in [0.717, 1.165) is 16.5 Å². The van der Waals surface area contributed by atoms with Crippen LogP contribution in [0.25, 0.3) is 10.8 Å². The van der Waals surface area contributed by atoms with Crippen molar-refractivity contribution in [3.63, 3.8) is 0 Å². The minimum absolute atomic E-state index is 0.158. The van der Waals surface area contributed by atoms with Gasteiger partial charge in [-0.2, -0.15) is 0 Å². The van der Waals surface area contributed by atoms with Crippen molar-refractivity contribution < 1.29 is 13.9 Å². The molecule has 8 heteroatoms. The van der Waals surface area contributed by atoms with Gasteiger partial charge in [0.2, 0.25) is 5.91 Å². The van der Waals surface area contributed by atoms with E-state index in [2.05, 4.69) is 10.3 Å². The van der Waals surface area contributed by atoms with Crippen molar-refractivity contribution in [2.75, 3.05) is 26.0 Å². The van der Waals surface area contributed by atoms with Crippen LogP contribution in [0.2, 0.25) is 5.02 Å². The molecule has 0 aliphatic rings. The van der Waals surface area contributed by atoms with E-state index in [1.54, 1.807) is 31.6 Å².